The first-order valence-electron chi connectivity index (χ1n) is 3.59. The first-order valence-corrected chi connectivity index (χ1v) is 3.97. The molecule has 0 heterocycles. The molecule has 0 atom stereocenters. The van der Waals surface area contributed by atoms with Crippen LogP contribution in [-0.2, 0) is 0 Å². The van der Waals surface area contributed by atoms with Crippen LogP contribution in [0.5, 0.6) is 0 Å². The van der Waals surface area contributed by atoms with Crippen molar-refractivity contribution in [2.75, 3.05) is 5.23 Å². The molecular weight excluding hydrogens is 213 g/mol. The normalized spacial score (nSPS) is 10.1. The lowest BCUT2D eigenvalue weighted by Gasteiger charge is -2.23. The number of rotatable bonds is 2. The highest BCUT2D eigenvalue weighted by Gasteiger charge is 2.12. The quantitative estimate of drug-likeness (QED) is 0.611. The third-order valence-electron chi connectivity index (χ3n) is 1.62. The van der Waals surface area contributed by atoms with Crippen molar-refractivity contribution in [3.05, 3.63) is 33.7 Å². The Morgan fingerprint density at radius 2 is 2.21 bits per heavy atom. The third kappa shape index (κ3) is 2.01. The average Bonchev–Trinajstić information content (AvgIpc) is 2.02. The molecule has 0 unspecified atom stereocenters. The largest absolute Gasteiger partial charge is 0.733 e. The zero-order chi connectivity index (χ0) is 10.9. The van der Waals surface area contributed by atoms with Gasteiger partial charge in [-0.05, 0) is 19.1 Å². The summed E-state index contributed by atoms with van der Waals surface area (Å²) in [5, 5.41) is 18.3. The van der Waals surface area contributed by atoms with Crippen LogP contribution in [0.4, 0.5) is 10.1 Å². The highest BCUT2D eigenvalue weighted by molar-refractivity contribution is 6.33. The second-order valence-electron chi connectivity index (χ2n) is 2.61. The van der Waals surface area contributed by atoms with E-state index in [-0.39, 0.29) is 16.3 Å². The number of carbonyl (C=O) groups excluding carboxylic acids is 1. The van der Waals surface area contributed by atoms with Crippen molar-refractivity contribution < 1.29 is 14.4 Å². The van der Waals surface area contributed by atoms with Gasteiger partial charge in [0.15, 0.2) is 5.78 Å². The second kappa shape index (κ2) is 3.91. The van der Waals surface area contributed by atoms with E-state index >= 15 is 0 Å². The molecule has 14 heavy (non-hydrogen) atoms. The van der Waals surface area contributed by atoms with Gasteiger partial charge in [0.1, 0.15) is 5.82 Å². The van der Waals surface area contributed by atoms with Crippen LogP contribution < -0.4 is 5.23 Å². The van der Waals surface area contributed by atoms with Gasteiger partial charge < -0.3 is 10.4 Å². The Morgan fingerprint density at radius 1 is 1.64 bits per heavy atom. The standard InChI is InChI=1S/C8H6ClFNO3/c1-4(12)5-2-8(11(13)14)6(9)3-7(5)10/h2-3,13H,1H3/q-1. The Kier molecular flexibility index (Phi) is 3.05. The van der Waals surface area contributed by atoms with Gasteiger partial charge in [-0.25, -0.2) is 4.39 Å². The summed E-state index contributed by atoms with van der Waals surface area (Å²) in [6, 6.07) is 1.70. The Hall–Kier alpha value is -1.17. The van der Waals surface area contributed by atoms with Gasteiger partial charge in [0.25, 0.3) is 0 Å². The van der Waals surface area contributed by atoms with Crippen LogP contribution in [0.2, 0.25) is 5.02 Å². The van der Waals surface area contributed by atoms with E-state index in [0.717, 1.165) is 19.1 Å². The number of Topliss-reactive ketones (excluding diaryl/α,β-unsaturated/α-hetero) is 1. The van der Waals surface area contributed by atoms with Gasteiger partial charge in [-0.3, -0.25) is 10.0 Å². The lowest BCUT2D eigenvalue weighted by molar-refractivity contribution is 0.101. The van der Waals surface area contributed by atoms with Gasteiger partial charge >= 0.3 is 0 Å². The van der Waals surface area contributed by atoms with E-state index in [1.807, 2.05) is 0 Å². The summed E-state index contributed by atoms with van der Waals surface area (Å²) in [5.41, 5.74) is -0.655. The Labute approximate surface area is 84.0 Å². The fourth-order valence-corrected chi connectivity index (χ4v) is 1.18. The zero-order valence-corrected chi connectivity index (χ0v) is 7.88. The molecule has 0 radical (unpaired) electrons. The van der Waals surface area contributed by atoms with E-state index < -0.39 is 16.8 Å². The molecule has 1 aromatic rings. The highest BCUT2D eigenvalue weighted by Crippen LogP contribution is 2.27. The molecule has 0 fully saturated rings. The Balaban J connectivity index is 3.34. The predicted octanol–water partition coefficient (Wildman–Crippen LogP) is 2.38. The summed E-state index contributed by atoms with van der Waals surface area (Å²) < 4.78 is 13.0. The van der Waals surface area contributed by atoms with Crippen molar-refractivity contribution in [3.8, 4) is 0 Å². The Morgan fingerprint density at radius 3 is 2.64 bits per heavy atom. The third-order valence-corrected chi connectivity index (χ3v) is 1.92. The maximum Gasteiger partial charge on any atom is 0.162 e. The van der Waals surface area contributed by atoms with E-state index in [4.69, 9.17) is 16.8 Å². The molecule has 76 valence electrons. The van der Waals surface area contributed by atoms with Gasteiger partial charge in [0.2, 0.25) is 0 Å². The minimum atomic E-state index is -0.826. The summed E-state index contributed by atoms with van der Waals surface area (Å²) >= 11 is 5.45. The Bertz CT molecular complexity index is 381. The topological polar surface area (TPSA) is 63.6 Å². The number of anilines is 1. The van der Waals surface area contributed by atoms with Crippen molar-refractivity contribution in [2.24, 2.45) is 0 Å². The second-order valence-corrected chi connectivity index (χ2v) is 3.02. The maximum atomic E-state index is 13.0. The predicted molar refractivity (Wildman–Crippen MR) is 49.0 cm³/mol. The SMILES string of the molecule is CC(=O)c1cc(N([O-])O)c(Cl)cc1F. The number of halogens is 2. The molecule has 1 rings (SSSR count). The molecule has 0 aromatic heterocycles. The van der Waals surface area contributed by atoms with E-state index in [0.29, 0.717) is 0 Å². The summed E-state index contributed by atoms with van der Waals surface area (Å²) in [5.74, 6) is -1.38. The molecule has 4 nitrogen and oxygen atoms in total. The average molecular weight is 219 g/mol. The van der Waals surface area contributed by atoms with Crippen LogP contribution in [0.15, 0.2) is 12.1 Å². The van der Waals surface area contributed by atoms with Crippen molar-refractivity contribution in [1.82, 2.24) is 0 Å². The van der Waals surface area contributed by atoms with Crippen LogP contribution in [0.3, 0.4) is 0 Å². The number of hydrogen-bond donors (Lipinski definition) is 1. The summed E-state index contributed by atoms with van der Waals surface area (Å²) in [7, 11) is 0. The summed E-state index contributed by atoms with van der Waals surface area (Å²) in [6.07, 6.45) is 0. The number of ketones is 1. The highest BCUT2D eigenvalue weighted by atomic mass is 35.5. The molecule has 0 saturated carbocycles. The first kappa shape index (κ1) is 10.9. The number of benzene rings is 1. The van der Waals surface area contributed by atoms with Gasteiger partial charge in [-0.15, -0.1) is 0 Å². The van der Waals surface area contributed by atoms with E-state index in [2.05, 4.69) is 0 Å². The van der Waals surface area contributed by atoms with Crippen LogP contribution in [-0.4, -0.2) is 11.0 Å². The van der Waals surface area contributed by atoms with Crippen molar-refractivity contribution in [2.45, 2.75) is 6.92 Å². The smallest absolute Gasteiger partial charge is 0.162 e. The van der Waals surface area contributed by atoms with Crippen LogP contribution >= 0.6 is 11.6 Å². The fraction of sp³-hybridized carbons (Fsp3) is 0.125. The molecule has 6 heteroatoms. The van der Waals surface area contributed by atoms with Gasteiger partial charge in [0, 0.05) is 0 Å². The molecule has 0 bridgehead atoms. The minimum absolute atomic E-state index is 0.259. The molecule has 0 spiro atoms. The maximum absolute atomic E-state index is 13.0. The minimum Gasteiger partial charge on any atom is -0.733 e. The number of nitrogens with zero attached hydrogens (tertiary/aromatic N) is 1. The van der Waals surface area contributed by atoms with Gasteiger partial charge in [0.05, 0.1) is 16.3 Å². The van der Waals surface area contributed by atoms with Crippen molar-refractivity contribution >= 4 is 23.1 Å². The lowest BCUT2D eigenvalue weighted by Crippen LogP contribution is -2.09. The number of hydrogen-bond acceptors (Lipinski definition) is 4. The monoisotopic (exact) mass is 218 g/mol. The van der Waals surface area contributed by atoms with Crippen LogP contribution in [0, 0.1) is 11.0 Å². The summed E-state index contributed by atoms with van der Waals surface area (Å²) in [4.78, 5) is 10.9. The molecular formula is C8H6ClFNO3-. The molecule has 0 saturated heterocycles. The zero-order valence-electron chi connectivity index (χ0n) is 7.12. The first-order chi connectivity index (χ1) is 6.43. The van der Waals surface area contributed by atoms with E-state index in [1.165, 1.54) is 0 Å². The molecule has 0 aliphatic heterocycles. The van der Waals surface area contributed by atoms with Gasteiger partial charge in [-0.2, -0.15) is 0 Å². The molecule has 0 aliphatic carbocycles. The van der Waals surface area contributed by atoms with Crippen LogP contribution in [0.1, 0.15) is 17.3 Å². The van der Waals surface area contributed by atoms with Crippen LogP contribution in [0.25, 0.3) is 0 Å². The van der Waals surface area contributed by atoms with Gasteiger partial charge in [-0.1, -0.05) is 11.6 Å². The van der Waals surface area contributed by atoms with Crippen molar-refractivity contribution in [1.29, 1.82) is 0 Å². The van der Waals surface area contributed by atoms with E-state index in [9.17, 15) is 14.4 Å². The molecule has 1 aromatic carbocycles. The molecule has 0 amide bonds. The molecule has 0 aliphatic rings. The van der Waals surface area contributed by atoms with Crippen molar-refractivity contribution in [3.63, 3.8) is 0 Å². The fourth-order valence-electron chi connectivity index (χ4n) is 0.954. The molecule has 1 N–H and O–H groups in total. The lowest BCUT2D eigenvalue weighted by atomic mass is 10.1. The number of carbonyl (C=O) groups is 1. The van der Waals surface area contributed by atoms with E-state index in [1.54, 1.807) is 0 Å². The summed E-state index contributed by atoms with van der Waals surface area (Å²) in [6.45, 7) is 1.14.